The van der Waals surface area contributed by atoms with E-state index in [4.69, 9.17) is 5.26 Å². The van der Waals surface area contributed by atoms with Gasteiger partial charge >= 0.3 is 0 Å². The zero-order valence-electron chi connectivity index (χ0n) is 13.0. The molecule has 0 N–H and O–H groups in total. The summed E-state index contributed by atoms with van der Waals surface area (Å²) in [5, 5.41) is 8.96. The van der Waals surface area contributed by atoms with Gasteiger partial charge in [0.2, 0.25) is 0 Å². The Morgan fingerprint density at radius 1 is 1.30 bits per heavy atom. The van der Waals surface area contributed by atoms with Crippen LogP contribution in [-0.4, -0.2) is 0 Å². The number of rotatable bonds is 4. The average molecular weight is 334 g/mol. The molecule has 0 atom stereocenters. The molecule has 0 unspecified atom stereocenters. The first-order valence-corrected chi connectivity index (χ1v) is 7.79. The second-order valence-electron chi connectivity index (χ2n) is 4.63. The number of aryl methyl sites for hydroxylation is 2. The van der Waals surface area contributed by atoms with Crippen molar-refractivity contribution < 1.29 is 0 Å². The number of unbranched alkanes of at least 4 members (excludes halogenated alkanes) is 1. The van der Waals surface area contributed by atoms with Crippen molar-refractivity contribution in [3.05, 3.63) is 53.1 Å². The van der Waals surface area contributed by atoms with E-state index in [1.807, 2.05) is 19.1 Å². The molecule has 0 fully saturated rings. The normalized spacial score (nSPS) is 10.3. The van der Waals surface area contributed by atoms with Crippen LogP contribution >= 0.6 is 15.9 Å². The molecule has 0 heterocycles. The molecule has 0 saturated heterocycles. The molecule has 0 aliphatic heterocycles. The van der Waals surface area contributed by atoms with E-state index in [1.165, 1.54) is 12.0 Å². The summed E-state index contributed by atoms with van der Waals surface area (Å²) in [7, 11) is 0. The molecule has 2 heteroatoms. The van der Waals surface area contributed by atoms with Crippen LogP contribution in [-0.2, 0) is 0 Å². The Labute approximate surface area is 132 Å². The van der Waals surface area contributed by atoms with E-state index in [-0.39, 0.29) is 0 Å². The Hall–Kier alpha value is -1.33. The predicted molar refractivity (Wildman–Crippen MR) is 92.9 cm³/mol. The number of hydrogen-bond donors (Lipinski definition) is 0. The van der Waals surface area contributed by atoms with Crippen LogP contribution in [0.3, 0.4) is 0 Å². The lowest BCUT2D eigenvalue weighted by atomic mass is 10.00. The van der Waals surface area contributed by atoms with E-state index in [0.717, 1.165) is 34.0 Å². The molecule has 0 amide bonds. The SMILES string of the molecule is C=CCCC.CC/C=C(/Br)c1cc(C#N)c(C)cc1C. The average Bonchev–Trinajstić information content (AvgIpc) is 2.40. The molecule has 20 heavy (non-hydrogen) atoms. The summed E-state index contributed by atoms with van der Waals surface area (Å²) in [6.45, 7) is 11.8. The number of halogens is 1. The lowest BCUT2D eigenvalue weighted by Crippen LogP contribution is -1.90. The fourth-order valence-electron chi connectivity index (χ4n) is 1.72. The van der Waals surface area contributed by atoms with Crippen LogP contribution in [0.2, 0.25) is 0 Å². The van der Waals surface area contributed by atoms with Crippen molar-refractivity contribution in [1.29, 1.82) is 5.26 Å². The largest absolute Gasteiger partial charge is 0.192 e. The molecule has 1 aromatic rings. The van der Waals surface area contributed by atoms with Gasteiger partial charge in [-0.15, -0.1) is 6.58 Å². The van der Waals surface area contributed by atoms with Crippen molar-refractivity contribution in [3.63, 3.8) is 0 Å². The third-order valence-electron chi connectivity index (χ3n) is 2.83. The Balaban J connectivity index is 0.000000621. The fraction of sp³-hybridized carbons (Fsp3) is 0.389. The maximum Gasteiger partial charge on any atom is 0.0994 e. The van der Waals surface area contributed by atoms with Crippen LogP contribution in [0, 0.1) is 25.2 Å². The van der Waals surface area contributed by atoms with Crippen molar-refractivity contribution in [2.75, 3.05) is 0 Å². The van der Waals surface area contributed by atoms with E-state index in [0.29, 0.717) is 0 Å². The third-order valence-corrected chi connectivity index (χ3v) is 3.58. The van der Waals surface area contributed by atoms with Crippen LogP contribution in [0.15, 0.2) is 30.9 Å². The van der Waals surface area contributed by atoms with Crippen LogP contribution in [0.4, 0.5) is 0 Å². The zero-order chi connectivity index (χ0) is 15.5. The predicted octanol–water partition coefficient (Wildman–Crippen LogP) is 6.29. The van der Waals surface area contributed by atoms with Gasteiger partial charge in [-0.1, -0.05) is 54.4 Å². The number of benzene rings is 1. The number of nitrogens with zero attached hydrogens (tertiary/aromatic N) is 1. The smallest absolute Gasteiger partial charge is 0.0994 e. The van der Waals surface area contributed by atoms with E-state index < -0.39 is 0 Å². The second kappa shape index (κ2) is 10.5. The van der Waals surface area contributed by atoms with Crippen LogP contribution in [0.1, 0.15) is 55.4 Å². The van der Waals surface area contributed by atoms with Gasteiger partial charge in [0.05, 0.1) is 11.6 Å². The van der Waals surface area contributed by atoms with Crippen LogP contribution in [0.25, 0.3) is 4.48 Å². The number of allylic oxidation sites excluding steroid dienone is 2. The van der Waals surface area contributed by atoms with Crippen LogP contribution in [0.5, 0.6) is 0 Å². The topological polar surface area (TPSA) is 23.8 Å². The van der Waals surface area contributed by atoms with Gasteiger partial charge in [-0.2, -0.15) is 5.26 Å². The molecule has 0 bridgehead atoms. The van der Waals surface area contributed by atoms with Gasteiger partial charge in [-0.25, -0.2) is 0 Å². The quantitative estimate of drug-likeness (QED) is 0.593. The minimum atomic E-state index is 0.747. The first-order valence-electron chi connectivity index (χ1n) is 6.99. The summed E-state index contributed by atoms with van der Waals surface area (Å²) in [6, 6.07) is 6.21. The minimum absolute atomic E-state index is 0.747. The summed E-state index contributed by atoms with van der Waals surface area (Å²) in [4.78, 5) is 0. The highest BCUT2D eigenvalue weighted by Gasteiger charge is 2.06. The van der Waals surface area contributed by atoms with E-state index in [2.05, 4.69) is 61.5 Å². The van der Waals surface area contributed by atoms with Gasteiger partial charge in [0.1, 0.15) is 0 Å². The molecule has 1 rings (SSSR count). The molecule has 0 aliphatic carbocycles. The zero-order valence-corrected chi connectivity index (χ0v) is 14.5. The maximum atomic E-state index is 8.96. The molecule has 0 spiro atoms. The summed E-state index contributed by atoms with van der Waals surface area (Å²) < 4.78 is 1.07. The van der Waals surface area contributed by atoms with Crippen molar-refractivity contribution in [3.8, 4) is 6.07 Å². The lowest BCUT2D eigenvalue weighted by molar-refractivity contribution is 0.961. The Morgan fingerprint density at radius 2 is 1.95 bits per heavy atom. The maximum absolute atomic E-state index is 8.96. The van der Waals surface area contributed by atoms with E-state index in [1.54, 1.807) is 0 Å². The van der Waals surface area contributed by atoms with Crippen molar-refractivity contribution in [2.24, 2.45) is 0 Å². The van der Waals surface area contributed by atoms with Crippen molar-refractivity contribution >= 4 is 20.4 Å². The fourth-order valence-corrected chi connectivity index (χ4v) is 2.47. The third kappa shape index (κ3) is 6.21. The minimum Gasteiger partial charge on any atom is -0.192 e. The van der Waals surface area contributed by atoms with E-state index >= 15 is 0 Å². The first kappa shape index (κ1) is 18.7. The Morgan fingerprint density at radius 3 is 2.35 bits per heavy atom. The molecule has 0 radical (unpaired) electrons. The van der Waals surface area contributed by atoms with Crippen molar-refractivity contribution in [2.45, 2.75) is 47.0 Å². The van der Waals surface area contributed by atoms with Gasteiger partial charge < -0.3 is 0 Å². The highest BCUT2D eigenvalue weighted by molar-refractivity contribution is 9.15. The standard InChI is InChI=1S/C13H14BrN.C5H10/c1-4-5-13(14)12-7-11(8-15)9(2)6-10(12)3;1-3-5-4-2/h5-7H,4H2,1-3H3;3H,1,4-5H2,2H3/b13-5+;. The molecular formula is C18H24BrN. The highest BCUT2D eigenvalue weighted by atomic mass is 79.9. The molecule has 0 aromatic heterocycles. The lowest BCUT2D eigenvalue weighted by Gasteiger charge is -2.07. The second-order valence-corrected chi connectivity index (χ2v) is 5.49. The highest BCUT2D eigenvalue weighted by Crippen LogP contribution is 2.27. The molecule has 108 valence electrons. The summed E-state index contributed by atoms with van der Waals surface area (Å²) >= 11 is 3.54. The first-order chi connectivity index (χ1) is 9.51. The van der Waals surface area contributed by atoms with Gasteiger partial charge in [0.15, 0.2) is 0 Å². The Kier molecular flexibility index (Phi) is 9.76. The number of hydrogen-bond acceptors (Lipinski definition) is 1. The number of nitriles is 1. The van der Waals surface area contributed by atoms with Gasteiger partial charge in [-0.05, 0) is 49.4 Å². The van der Waals surface area contributed by atoms with Gasteiger partial charge in [0.25, 0.3) is 0 Å². The molecule has 1 aromatic carbocycles. The molecule has 0 saturated carbocycles. The van der Waals surface area contributed by atoms with Gasteiger partial charge in [-0.3, -0.25) is 0 Å². The molecular weight excluding hydrogens is 310 g/mol. The Bertz CT molecular complexity index is 507. The summed E-state index contributed by atoms with van der Waals surface area (Å²) in [5.74, 6) is 0. The van der Waals surface area contributed by atoms with Gasteiger partial charge in [0, 0.05) is 4.48 Å². The van der Waals surface area contributed by atoms with Crippen molar-refractivity contribution in [1.82, 2.24) is 0 Å². The molecule has 1 nitrogen and oxygen atoms in total. The van der Waals surface area contributed by atoms with E-state index in [9.17, 15) is 0 Å². The monoisotopic (exact) mass is 333 g/mol. The van der Waals surface area contributed by atoms with Crippen LogP contribution < -0.4 is 0 Å². The summed E-state index contributed by atoms with van der Waals surface area (Å²) in [6.07, 6.45) is 7.40. The molecule has 0 aliphatic rings. The summed E-state index contributed by atoms with van der Waals surface area (Å²) in [5.41, 5.74) is 4.09.